The van der Waals surface area contributed by atoms with Gasteiger partial charge < -0.3 is 15.7 Å². The molecule has 5 N–H and O–H groups in total. The molecule has 3 aromatic carbocycles. The van der Waals surface area contributed by atoms with Gasteiger partial charge in [-0.3, -0.25) is 4.79 Å². The number of H-pyrrole nitrogens is 1. The van der Waals surface area contributed by atoms with Crippen LogP contribution >= 0.6 is 23.2 Å². The fraction of sp³-hybridized carbons (Fsp3) is 0.207. The van der Waals surface area contributed by atoms with E-state index in [4.69, 9.17) is 33.8 Å². The second-order valence-electron chi connectivity index (χ2n) is 9.77. The van der Waals surface area contributed by atoms with Gasteiger partial charge in [0.25, 0.3) is 5.56 Å². The van der Waals surface area contributed by atoms with Gasteiger partial charge in [0.05, 0.1) is 26.3 Å². The van der Waals surface area contributed by atoms with E-state index in [1.165, 1.54) is 12.1 Å². The van der Waals surface area contributed by atoms with Crippen molar-refractivity contribution in [1.82, 2.24) is 9.97 Å². The number of aromatic amines is 1. The molecule has 4 rings (SSSR count). The smallest absolute Gasteiger partial charge is 0.262 e. The molecule has 8 nitrogen and oxygen atoms in total. The average Bonchev–Trinajstić information content (AvgIpc) is 2.90. The molecule has 220 valence electrons. The number of nitrogens with zero attached hydrogens (tertiary/aromatic N) is 1. The van der Waals surface area contributed by atoms with E-state index < -0.39 is 27.2 Å². The summed E-state index contributed by atoms with van der Waals surface area (Å²) in [5.41, 5.74) is 1.08. The first-order valence-electron chi connectivity index (χ1n) is 12.8. The summed E-state index contributed by atoms with van der Waals surface area (Å²) in [6.45, 7) is 3.80. The summed E-state index contributed by atoms with van der Waals surface area (Å²) >= 11 is 12.7. The highest BCUT2D eigenvalue weighted by Gasteiger charge is 2.23. The number of nitrogens with two attached hydrogens (primary N) is 1. The molecule has 1 heterocycles. The Kier molecular flexibility index (Phi) is 9.47. The third kappa shape index (κ3) is 7.04. The van der Waals surface area contributed by atoms with Crippen LogP contribution in [0.4, 0.5) is 20.3 Å². The van der Waals surface area contributed by atoms with Gasteiger partial charge in [0.1, 0.15) is 28.8 Å². The molecule has 42 heavy (non-hydrogen) atoms. The Morgan fingerprint density at radius 2 is 1.74 bits per heavy atom. The molecule has 0 saturated carbocycles. The van der Waals surface area contributed by atoms with Crippen LogP contribution < -0.4 is 16.0 Å². The van der Waals surface area contributed by atoms with Gasteiger partial charge >= 0.3 is 0 Å². The number of aromatic nitrogens is 2. The number of nitrogens with one attached hydrogen (secondary N) is 3. The van der Waals surface area contributed by atoms with E-state index in [2.05, 4.69) is 15.3 Å². The molecule has 1 unspecified atom stereocenters. The highest BCUT2D eigenvalue weighted by atomic mass is 35.5. The van der Waals surface area contributed by atoms with Crippen molar-refractivity contribution >= 4 is 50.4 Å². The second kappa shape index (κ2) is 12.7. The Bertz CT molecular complexity index is 1810. The lowest BCUT2D eigenvalue weighted by Crippen LogP contribution is -2.27. The molecule has 0 aliphatic heterocycles. The van der Waals surface area contributed by atoms with Crippen LogP contribution in [0.5, 0.6) is 0 Å². The van der Waals surface area contributed by atoms with Crippen LogP contribution in [0, 0.1) is 23.0 Å². The fourth-order valence-corrected chi connectivity index (χ4v) is 5.71. The van der Waals surface area contributed by atoms with Crippen LogP contribution in [0.2, 0.25) is 10.0 Å². The molecule has 0 saturated heterocycles. The molecule has 0 bridgehead atoms. The zero-order valence-corrected chi connectivity index (χ0v) is 24.9. The zero-order chi connectivity index (χ0) is 30.8. The lowest BCUT2D eigenvalue weighted by atomic mass is 9.95. The van der Waals surface area contributed by atoms with Gasteiger partial charge in [0.15, 0.2) is 0 Å². The van der Waals surface area contributed by atoms with Gasteiger partial charge in [-0.2, -0.15) is 0 Å². The van der Waals surface area contributed by atoms with Gasteiger partial charge in [0.2, 0.25) is 10.0 Å². The van der Waals surface area contributed by atoms with Crippen molar-refractivity contribution in [2.75, 3.05) is 5.32 Å². The van der Waals surface area contributed by atoms with Crippen molar-refractivity contribution in [3.05, 3.63) is 104 Å². The Balaban J connectivity index is 1.73. The van der Waals surface area contributed by atoms with Gasteiger partial charge in [-0.25, -0.2) is 27.3 Å². The minimum atomic E-state index is -4.09. The summed E-state index contributed by atoms with van der Waals surface area (Å²) in [6, 6.07) is 12.4. The molecular weight excluding hydrogens is 607 g/mol. The van der Waals surface area contributed by atoms with Crippen molar-refractivity contribution in [3.8, 4) is 11.1 Å². The number of primary sulfonamides is 1. The van der Waals surface area contributed by atoms with Crippen molar-refractivity contribution in [1.29, 1.82) is 5.41 Å². The maximum atomic E-state index is 14.2. The fourth-order valence-electron chi connectivity index (χ4n) is 4.44. The minimum Gasteiger partial charge on any atom is -0.337 e. The molecule has 4 aromatic rings. The van der Waals surface area contributed by atoms with E-state index in [0.29, 0.717) is 12.0 Å². The first kappa shape index (κ1) is 31.3. The quantitative estimate of drug-likeness (QED) is 0.142. The Morgan fingerprint density at radius 3 is 2.31 bits per heavy atom. The standard InChI is InChI=1S/C29H27Cl2F2N5O3S/c1-3-4-15(2)26(34)25-28(38-27-21(30)13-19(14-22(27)31)42(35,40)41)36-24(37-29(25)39)11-16-5-7-17(8-6-16)20-10-9-18(32)12-23(20)33/h5-10,12-15,34H,3-4,11H2,1-2H3,(H2,35,40,41)(H2,36,37,38,39). The lowest BCUT2D eigenvalue weighted by molar-refractivity contribution is 0.585. The summed E-state index contributed by atoms with van der Waals surface area (Å²) in [6.07, 6.45) is 1.62. The highest BCUT2D eigenvalue weighted by Crippen LogP contribution is 2.36. The number of hydrogen-bond donors (Lipinski definition) is 4. The first-order valence-corrected chi connectivity index (χ1v) is 15.1. The van der Waals surface area contributed by atoms with Crippen molar-refractivity contribution in [2.45, 2.75) is 38.0 Å². The molecule has 0 aliphatic carbocycles. The van der Waals surface area contributed by atoms with Crippen LogP contribution in [0.15, 0.2) is 64.3 Å². The molecule has 1 aromatic heterocycles. The maximum absolute atomic E-state index is 14.2. The molecule has 0 aliphatic rings. The number of sulfonamides is 1. The monoisotopic (exact) mass is 633 g/mol. The highest BCUT2D eigenvalue weighted by molar-refractivity contribution is 7.89. The van der Waals surface area contributed by atoms with Gasteiger partial charge in [-0.05, 0) is 47.7 Å². The van der Waals surface area contributed by atoms with Crippen molar-refractivity contribution in [2.24, 2.45) is 11.1 Å². The molecule has 0 spiro atoms. The largest absolute Gasteiger partial charge is 0.337 e. The predicted molar refractivity (Wildman–Crippen MR) is 161 cm³/mol. The summed E-state index contributed by atoms with van der Waals surface area (Å²) in [7, 11) is -4.09. The summed E-state index contributed by atoms with van der Waals surface area (Å²) in [4.78, 5) is 20.4. The van der Waals surface area contributed by atoms with Gasteiger partial charge in [0, 0.05) is 18.1 Å². The van der Waals surface area contributed by atoms with Crippen LogP contribution in [0.25, 0.3) is 11.1 Å². The third-order valence-electron chi connectivity index (χ3n) is 6.61. The van der Waals surface area contributed by atoms with E-state index in [1.54, 1.807) is 24.3 Å². The van der Waals surface area contributed by atoms with E-state index in [0.717, 1.165) is 30.2 Å². The Morgan fingerprint density at radius 1 is 1.10 bits per heavy atom. The zero-order valence-electron chi connectivity index (χ0n) is 22.6. The van der Waals surface area contributed by atoms with Crippen LogP contribution in [-0.4, -0.2) is 24.1 Å². The number of rotatable bonds is 10. The number of hydrogen-bond acceptors (Lipinski definition) is 6. The van der Waals surface area contributed by atoms with Crippen molar-refractivity contribution < 1.29 is 17.2 Å². The lowest BCUT2D eigenvalue weighted by Gasteiger charge is -2.18. The molecule has 0 fully saturated rings. The molecule has 0 radical (unpaired) electrons. The predicted octanol–water partition coefficient (Wildman–Crippen LogP) is 6.81. The van der Waals surface area contributed by atoms with Crippen LogP contribution in [-0.2, 0) is 16.4 Å². The van der Waals surface area contributed by atoms with E-state index in [-0.39, 0.29) is 61.4 Å². The Hall–Kier alpha value is -3.64. The molecule has 1 atom stereocenters. The SMILES string of the molecule is CCCC(C)C(=N)c1c(Nc2c(Cl)cc(S(N)(=O)=O)cc2Cl)nc(Cc2ccc(-c3ccc(F)cc3F)cc2)[nH]c1=O. The summed E-state index contributed by atoms with van der Waals surface area (Å²) in [5, 5.41) is 16.7. The topological polar surface area (TPSA) is 142 Å². The van der Waals surface area contributed by atoms with Gasteiger partial charge in [-0.1, -0.05) is 67.7 Å². The van der Waals surface area contributed by atoms with Crippen molar-refractivity contribution in [3.63, 3.8) is 0 Å². The first-order chi connectivity index (χ1) is 19.8. The number of benzene rings is 3. The van der Waals surface area contributed by atoms with Crippen LogP contribution in [0.1, 0.15) is 43.6 Å². The average molecular weight is 635 g/mol. The minimum absolute atomic E-state index is 0.00973. The van der Waals surface area contributed by atoms with E-state index in [1.807, 2.05) is 13.8 Å². The molecular formula is C29H27Cl2F2N5O3S. The Labute approximate surface area is 251 Å². The van der Waals surface area contributed by atoms with Gasteiger partial charge in [-0.15, -0.1) is 0 Å². The number of anilines is 2. The molecule has 0 amide bonds. The second-order valence-corrected chi connectivity index (χ2v) is 12.1. The summed E-state index contributed by atoms with van der Waals surface area (Å²) in [5.74, 6) is -1.36. The summed E-state index contributed by atoms with van der Waals surface area (Å²) < 4.78 is 51.1. The van der Waals surface area contributed by atoms with E-state index in [9.17, 15) is 22.0 Å². The maximum Gasteiger partial charge on any atom is 0.262 e. The van der Waals surface area contributed by atoms with E-state index >= 15 is 0 Å². The third-order valence-corrected chi connectivity index (χ3v) is 8.10. The van der Waals surface area contributed by atoms with Crippen LogP contribution in [0.3, 0.4) is 0 Å². The molecule has 13 heteroatoms. The normalized spacial score (nSPS) is 12.3. The number of halogens is 4.